The average molecular weight is 667 g/mol. The number of carbonyl (C=O) groups is 2. The Hall–Kier alpha value is -1.48. The second-order valence-electron chi connectivity index (χ2n) is 18.3. The fourth-order valence-electron chi connectivity index (χ4n) is 13.1. The van der Waals surface area contributed by atoms with Crippen molar-refractivity contribution >= 4 is 11.8 Å². The molecule has 0 aromatic heterocycles. The summed E-state index contributed by atoms with van der Waals surface area (Å²) in [4.78, 5) is 32.7. The molecule has 3 saturated heterocycles. The fourth-order valence-corrected chi connectivity index (χ4v) is 13.1. The largest absolute Gasteiger partial charge is 0.353 e. The predicted molar refractivity (Wildman–Crippen MR) is 189 cm³/mol. The first-order valence-corrected chi connectivity index (χ1v) is 19.7. The van der Waals surface area contributed by atoms with Gasteiger partial charge in [-0.05, 0) is 112 Å². The number of piperazine rings is 1. The third kappa shape index (κ3) is 5.53. The van der Waals surface area contributed by atoms with Crippen molar-refractivity contribution in [1.82, 2.24) is 20.0 Å². The third-order valence-electron chi connectivity index (χ3n) is 16.0. The second kappa shape index (κ2) is 12.9. The van der Waals surface area contributed by atoms with E-state index < -0.39 is 5.79 Å². The molecule has 7 aliphatic rings. The van der Waals surface area contributed by atoms with Crippen molar-refractivity contribution in [3.8, 4) is 0 Å². The highest BCUT2D eigenvalue weighted by molar-refractivity contribution is 5.97. The van der Waals surface area contributed by atoms with Gasteiger partial charge in [0.05, 0.1) is 12.7 Å². The number of fused-ring (bicyclic) bond motifs is 7. The van der Waals surface area contributed by atoms with Gasteiger partial charge in [-0.2, -0.15) is 0 Å². The van der Waals surface area contributed by atoms with Gasteiger partial charge >= 0.3 is 0 Å². The number of hydrogen-bond donors (Lipinski definition) is 1. The Labute approximate surface area is 291 Å². The molecule has 0 radical (unpaired) electrons. The highest BCUT2D eigenvalue weighted by Gasteiger charge is 2.75. The first kappa shape index (κ1) is 34.9. The normalized spacial score (nSPS) is 47.3. The van der Waals surface area contributed by atoms with Crippen LogP contribution in [0.2, 0.25) is 0 Å². The summed E-state index contributed by atoms with van der Waals surface area (Å²) in [6.45, 7) is 20.5. The van der Waals surface area contributed by atoms with E-state index in [0.29, 0.717) is 29.1 Å². The Bertz CT molecular complexity index is 1230. The van der Waals surface area contributed by atoms with E-state index in [0.717, 1.165) is 83.4 Å². The van der Waals surface area contributed by atoms with E-state index in [4.69, 9.17) is 9.47 Å². The quantitative estimate of drug-likeness (QED) is 0.283. The van der Waals surface area contributed by atoms with Crippen molar-refractivity contribution in [3.63, 3.8) is 0 Å². The summed E-state index contributed by atoms with van der Waals surface area (Å²) in [6.07, 6.45) is 14.2. The summed E-state index contributed by atoms with van der Waals surface area (Å²) in [6, 6.07) is 0.190. The number of nitrogens with zero attached hydrogens (tertiary/aromatic N) is 3. The molecule has 12 atom stereocenters. The molecule has 2 amide bonds. The maximum Gasteiger partial charge on any atom is 0.232 e. The Morgan fingerprint density at radius 3 is 2.42 bits per heavy atom. The van der Waals surface area contributed by atoms with E-state index in [2.05, 4.69) is 69.6 Å². The minimum absolute atomic E-state index is 0.0147. The van der Waals surface area contributed by atoms with Crippen molar-refractivity contribution in [2.24, 2.45) is 51.8 Å². The fraction of sp³-hybridized carbons (Fsp3) is 0.900. The van der Waals surface area contributed by atoms with Gasteiger partial charge in [-0.15, -0.1) is 6.58 Å². The van der Waals surface area contributed by atoms with Crippen LogP contribution in [0.1, 0.15) is 98.3 Å². The Morgan fingerprint density at radius 2 is 1.73 bits per heavy atom. The van der Waals surface area contributed by atoms with Gasteiger partial charge in [-0.3, -0.25) is 14.5 Å². The smallest absolute Gasteiger partial charge is 0.232 e. The zero-order valence-corrected chi connectivity index (χ0v) is 31.1. The van der Waals surface area contributed by atoms with E-state index in [1.807, 2.05) is 4.90 Å². The number of rotatable bonds is 7. The molecule has 3 heterocycles. The number of likely N-dealkylation sites (N-methyl/N-ethyl adjacent to an activating group) is 1. The second-order valence-corrected chi connectivity index (χ2v) is 18.3. The molecule has 0 aromatic carbocycles. The molecule has 7 rings (SSSR count). The van der Waals surface area contributed by atoms with Crippen molar-refractivity contribution < 1.29 is 19.1 Å². The van der Waals surface area contributed by atoms with Gasteiger partial charge in [-0.25, -0.2) is 0 Å². The van der Waals surface area contributed by atoms with Gasteiger partial charge in [-0.1, -0.05) is 33.8 Å². The molecule has 4 saturated carbocycles. The Morgan fingerprint density at radius 1 is 0.958 bits per heavy atom. The van der Waals surface area contributed by atoms with Crippen LogP contribution in [-0.2, 0) is 19.1 Å². The van der Waals surface area contributed by atoms with E-state index in [-0.39, 0.29) is 41.2 Å². The molecular formula is C40H66N4O4. The molecule has 0 aromatic rings. The number of carbonyl (C=O) groups excluding carboxylic acids is 2. The van der Waals surface area contributed by atoms with E-state index in [1.54, 1.807) is 0 Å². The van der Waals surface area contributed by atoms with Crippen LogP contribution in [0.3, 0.4) is 0 Å². The van der Waals surface area contributed by atoms with Crippen LogP contribution >= 0.6 is 0 Å². The molecule has 48 heavy (non-hydrogen) atoms. The molecule has 8 nitrogen and oxygen atoms in total. The monoisotopic (exact) mass is 667 g/mol. The zero-order chi connectivity index (χ0) is 34.1. The molecule has 0 bridgehead atoms. The maximum absolute atomic E-state index is 13.1. The van der Waals surface area contributed by atoms with Crippen molar-refractivity contribution in [1.29, 1.82) is 0 Å². The lowest BCUT2D eigenvalue weighted by Gasteiger charge is -2.62. The highest BCUT2D eigenvalue weighted by Crippen LogP contribution is 2.76. The van der Waals surface area contributed by atoms with Crippen LogP contribution in [0.15, 0.2) is 12.7 Å². The van der Waals surface area contributed by atoms with Crippen molar-refractivity contribution in [2.45, 2.75) is 116 Å². The van der Waals surface area contributed by atoms with E-state index in [1.165, 1.54) is 38.5 Å². The number of nitrogens with one attached hydrogen (secondary N) is 1. The highest BCUT2D eigenvalue weighted by atomic mass is 16.7. The molecule has 3 aliphatic heterocycles. The SMILES string of the molecule is C=C[C@]12C(C[C@H]3[C@@H]4CC[C@@H]5CC(NC(=O)CC(=O)N6CCN(CCN(C)C)CC6)CC[C@]5(C)[C@H]4CC[C@@]31C)O[C@]1(CC[C@H](C)CO1)[C@H]2C. The van der Waals surface area contributed by atoms with Gasteiger partial charge in [0.2, 0.25) is 11.8 Å². The summed E-state index contributed by atoms with van der Waals surface area (Å²) < 4.78 is 13.7. The lowest BCUT2D eigenvalue weighted by molar-refractivity contribution is -0.273. The van der Waals surface area contributed by atoms with E-state index in [9.17, 15) is 9.59 Å². The molecule has 7 fully saturated rings. The summed E-state index contributed by atoms with van der Waals surface area (Å²) in [5, 5.41) is 3.33. The summed E-state index contributed by atoms with van der Waals surface area (Å²) in [7, 11) is 4.19. The molecule has 270 valence electrons. The number of amides is 2. The molecule has 1 N–H and O–H groups in total. The summed E-state index contributed by atoms with van der Waals surface area (Å²) in [5.41, 5.74) is 0.485. The number of hydrogen-bond acceptors (Lipinski definition) is 6. The summed E-state index contributed by atoms with van der Waals surface area (Å²) >= 11 is 0. The van der Waals surface area contributed by atoms with E-state index >= 15 is 0 Å². The predicted octanol–water partition coefficient (Wildman–Crippen LogP) is 5.57. The number of ether oxygens (including phenoxy) is 2. The maximum atomic E-state index is 13.1. The first-order chi connectivity index (χ1) is 22.8. The Kier molecular flexibility index (Phi) is 9.42. The first-order valence-electron chi connectivity index (χ1n) is 19.7. The van der Waals surface area contributed by atoms with Gasteiger partial charge in [0, 0.05) is 63.1 Å². The minimum atomic E-state index is -0.436. The van der Waals surface area contributed by atoms with Crippen LogP contribution in [0.25, 0.3) is 0 Å². The van der Waals surface area contributed by atoms with Crippen molar-refractivity contribution in [3.05, 3.63) is 12.7 Å². The van der Waals surface area contributed by atoms with Crippen LogP contribution in [0, 0.1) is 51.8 Å². The average Bonchev–Trinajstić information content (AvgIpc) is 3.46. The molecule has 2 unspecified atom stereocenters. The molecule has 4 aliphatic carbocycles. The van der Waals surface area contributed by atoms with Gasteiger partial charge < -0.3 is 24.6 Å². The molecular weight excluding hydrogens is 600 g/mol. The lowest BCUT2D eigenvalue weighted by atomic mass is 9.42. The minimum Gasteiger partial charge on any atom is -0.353 e. The van der Waals surface area contributed by atoms with Gasteiger partial charge in [0.1, 0.15) is 6.42 Å². The summed E-state index contributed by atoms with van der Waals surface area (Å²) in [5.74, 6) is 3.17. The third-order valence-corrected chi connectivity index (χ3v) is 16.0. The topological polar surface area (TPSA) is 74.4 Å². The standard InChI is InChI=1S/C40H66N4O4/c1-8-39-28(3)40(16-11-27(2)26-47-40)48-34(39)24-33-31-10-9-29-23-30(12-14-37(29,4)32(31)13-15-38(33,39)5)41-35(45)25-36(46)44-21-19-43(20-22-44)18-17-42(6)7/h8,27-34H,1,9-26H2,2-7H3,(H,41,45)/t27-,28-,29+,30?,31+,32-,33-,34?,37-,38-,39-,40+/m0/s1. The Balaban J connectivity index is 0.949. The van der Waals surface area contributed by atoms with Gasteiger partial charge in [0.15, 0.2) is 5.79 Å². The van der Waals surface area contributed by atoms with Crippen molar-refractivity contribution in [2.75, 3.05) is 60.0 Å². The van der Waals surface area contributed by atoms with Crippen LogP contribution in [0.5, 0.6) is 0 Å². The lowest BCUT2D eigenvalue weighted by Crippen LogP contribution is -2.58. The zero-order valence-electron chi connectivity index (χ0n) is 31.1. The van der Waals surface area contributed by atoms with Crippen LogP contribution in [0.4, 0.5) is 0 Å². The molecule has 8 heteroatoms. The molecule has 1 spiro atoms. The van der Waals surface area contributed by atoms with Gasteiger partial charge in [0.25, 0.3) is 0 Å². The van der Waals surface area contributed by atoms with Crippen LogP contribution < -0.4 is 5.32 Å². The van der Waals surface area contributed by atoms with Crippen LogP contribution in [-0.4, -0.2) is 104 Å².